The first-order chi connectivity index (χ1) is 8.33. The van der Waals surface area contributed by atoms with Gasteiger partial charge in [0.25, 0.3) is 0 Å². The van der Waals surface area contributed by atoms with Crippen LogP contribution in [0.5, 0.6) is 0 Å². The summed E-state index contributed by atoms with van der Waals surface area (Å²) in [5.74, 6) is 0. The van der Waals surface area contributed by atoms with Gasteiger partial charge in [0, 0.05) is 24.4 Å². The molecule has 0 N–H and O–H groups in total. The third kappa shape index (κ3) is 4.45. The minimum Gasteiger partial charge on any atom is -0.294 e. The van der Waals surface area contributed by atoms with E-state index in [9.17, 15) is 8.42 Å². The molecule has 1 fully saturated rings. The first-order valence-corrected chi connectivity index (χ1v) is 9.24. The minimum atomic E-state index is -2.95. The predicted molar refractivity (Wildman–Crippen MR) is 82.2 cm³/mol. The Morgan fingerprint density at radius 3 is 1.89 bits per heavy atom. The summed E-state index contributed by atoms with van der Waals surface area (Å²) in [5, 5.41) is -0.209. The summed E-state index contributed by atoms with van der Waals surface area (Å²) in [7, 11) is -2.95. The zero-order valence-corrected chi connectivity index (χ0v) is 14.5. The lowest BCUT2D eigenvalue weighted by Gasteiger charge is -2.47. The Hall–Kier alpha value is -0.0900. The van der Waals surface area contributed by atoms with Gasteiger partial charge in [-0.15, -0.1) is 0 Å². The minimum absolute atomic E-state index is 0.00519. The molecule has 0 spiro atoms. The highest BCUT2D eigenvalue weighted by Crippen LogP contribution is 2.36. The van der Waals surface area contributed by atoms with Gasteiger partial charge in [0.2, 0.25) is 0 Å². The molecule has 3 nitrogen and oxygen atoms in total. The molecular formula is C15H31NO2S. The van der Waals surface area contributed by atoms with E-state index in [4.69, 9.17) is 0 Å². The second kappa shape index (κ2) is 5.36. The Morgan fingerprint density at radius 2 is 1.53 bits per heavy atom. The van der Waals surface area contributed by atoms with Crippen LogP contribution in [0.3, 0.4) is 0 Å². The summed E-state index contributed by atoms with van der Waals surface area (Å²) < 4.78 is 23.9. The molecular weight excluding hydrogens is 258 g/mol. The van der Waals surface area contributed by atoms with Gasteiger partial charge in [0.05, 0.1) is 5.25 Å². The Balaban J connectivity index is 3.11. The maximum Gasteiger partial charge on any atom is 0.151 e. The molecule has 1 aliphatic rings. The van der Waals surface area contributed by atoms with Gasteiger partial charge in [0.1, 0.15) is 0 Å². The largest absolute Gasteiger partial charge is 0.294 e. The molecule has 1 rings (SSSR count). The summed E-state index contributed by atoms with van der Waals surface area (Å²) in [6.07, 6.45) is 4.28. The third-order valence-corrected chi connectivity index (χ3v) is 5.84. The van der Waals surface area contributed by atoms with Crippen molar-refractivity contribution in [1.29, 1.82) is 0 Å². The van der Waals surface area contributed by atoms with Gasteiger partial charge in [-0.05, 0) is 39.0 Å². The van der Waals surface area contributed by atoms with Gasteiger partial charge in [0.15, 0.2) is 9.84 Å². The lowest BCUT2D eigenvalue weighted by atomic mass is 9.81. The highest BCUT2D eigenvalue weighted by molar-refractivity contribution is 7.91. The van der Waals surface area contributed by atoms with Crippen molar-refractivity contribution in [2.75, 3.05) is 12.8 Å². The van der Waals surface area contributed by atoms with Crippen LogP contribution in [0.2, 0.25) is 0 Å². The van der Waals surface area contributed by atoms with Crippen LogP contribution in [0.15, 0.2) is 0 Å². The second-order valence-corrected chi connectivity index (χ2v) is 10.4. The van der Waals surface area contributed by atoms with E-state index in [-0.39, 0.29) is 16.2 Å². The molecule has 0 amide bonds. The van der Waals surface area contributed by atoms with Crippen LogP contribution in [-0.4, -0.2) is 42.9 Å². The molecule has 114 valence electrons. The highest BCUT2D eigenvalue weighted by atomic mass is 32.2. The average Bonchev–Trinajstić information content (AvgIpc) is 2.35. The first kappa shape index (κ1) is 17.0. The number of sulfone groups is 1. The number of nitrogens with zero attached hydrogens (tertiary/aromatic N) is 1. The topological polar surface area (TPSA) is 37.4 Å². The molecule has 0 aliphatic carbocycles. The summed E-state index contributed by atoms with van der Waals surface area (Å²) in [4.78, 5) is 2.42. The van der Waals surface area contributed by atoms with E-state index < -0.39 is 9.84 Å². The van der Waals surface area contributed by atoms with Gasteiger partial charge < -0.3 is 0 Å². The summed E-state index contributed by atoms with van der Waals surface area (Å²) >= 11 is 0. The van der Waals surface area contributed by atoms with Gasteiger partial charge >= 0.3 is 0 Å². The van der Waals surface area contributed by atoms with Gasteiger partial charge in [-0.1, -0.05) is 27.2 Å². The summed E-state index contributed by atoms with van der Waals surface area (Å²) in [6, 6.07) is 0.444. The Morgan fingerprint density at radius 1 is 1.00 bits per heavy atom. The van der Waals surface area contributed by atoms with Gasteiger partial charge in [-0.3, -0.25) is 4.90 Å². The maximum absolute atomic E-state index is 11.9. The molecule has 1 saturated heterocycles. The predicted octanol–water partition coefficient (Wildman–Crippen LogP) is 3.10. The lowest BCUT2D eigenvalue weighted by molar-refractivity contribution is 0.0250. The van der Waals surface area contributed by atoms with Crippen LogP contribution in [-0.2, 0) is 9.84 Å². The smallest absolute Gasteiger partial charge is 0.151 e. The van der Waals surface area contributed by atoms with Crippen LogP contribution >= 0.6 is 0 Å². The van der Waals surface area contributed by atoms with Crippen molar-refractivity contribution in [3.8, 4) is 0 Å². The average molecular weight is 289 g/mol. The van der Waals surface area contributed by atoms with Crippen molar-refractivity contribution < 1.29 is 8.42 Å². The number of hydrogen-bond donors (Lipinski definition) is 0. The SMILES string of the molecule is CC(C)(C)C1CCCC(S(C)(=O)=O)CN1C(C)(C)C. The van der Waals surface area contributed by atoms with Gasteiger partial charge in [-0.25, -0.2) is 8.42 Å². The molecule has 0 bridgehead atoms. The molecule has 0 radical (unpaired) electrons. The summed E-state index contributed by atoms with van der Waals surface area (Å²) in [5.41, 5.74) is 0.185. The fourth-order valence-electron chi connectivity index (χ4n) is 3.12. The van der Waals surface area contributed by atoms with E-state index in [1.54, 1.807) is 0 Å². The zero-order valence-electron chi connectivity index (χ0n) is 13.7. The van der Waals surface area contributed by atoms with Crippen LogP contribution in [0.4, 0.5) is 0 Å². The number of likely N-dealkylation sites (tertiary alicyclic amines) is 1. The Kier molecular flexibility index (Phi) is 4.79. The second-order valence-electron chi connectivity index (χ2n) is 8.09. The standard InChI is InChI=1S/C15H31NO2S/c1-14(2,3)13-10-8-9-12(19(7,17)18)11-16(13)15(4,5)6/h12-13H,8-11H2,1-7H3. The van der Waals surface area contributed by atoms with Crippen molar-refractivity contribution in [2.24, 2.45) is 5.41 Å². The molecule has 0 aromatic rings. The normalized spacial score (nSPS) is 28.2. The highest BCUT2D eigenvalue weighted by Gasteiger charge is 2.40. The monoisotopic (exact) mass is 289 g/mol. The fourth-order valence-corrected chi connectivity index (χ4v) is 4.15. The maximum atomic E-state index is 11.9. The molecule has 2 unspecified atom stereocenters. The Labute approximate surface area is 119 Å². The van der Waals surface area contributed by atoms with Crippen molar-refractivity contribution in [3.05, 3.63) is 0 Å². The van der Waals surface area contributed by atoms with E-state index in [1.165, 1.54) is 6.26 Å². The van der Waals surface area contributed by atoms with Crippen molar-refractivity contribution in [2.45, 2.75) is 77.6 Å². The molecule has 0 aromatic heterocycles. The van der Waals surface area contributed by atoms with Gasteiger partial charge in [-0.2, -0.15) is 0 Å². The lowest BCUT2D eigenvalue weighted by Crippen LogP contribution is -2.55. The summed E-state index contributed by atoms with van der Waals surface area (Å²) in [6.45, 7) is 14.0. The van der Waals surface area contributed by atoms with Crippen LogP contribution in [0.25, 0.3) is 0 Å². The van der Waals surface area contributed by atoms with E-state index in [0.717, 1.165) is 19.3 Å². The molecule has 19 heavy (non-hydrogen) atoms. The quantitative estimate of drug-likeness (QED) is 0.744. The van der Waals surface area contributed by atoms with Crippen molar-refractivity contribution in [1.82, 2.24) is 4.90 Å². The zero-order chi connectivity index (χ0) is 15.1. The first-order valence-electron chi connectivity index (χ1n) is 7.29. The van der Waals surface area contributed by atoms with Crippen LogP contribution < -0.4 is 0 Å². The molecule has 2 atom stereocenters. The fraction of sp³-hybridized carbons (Fsp3) is 1.00. The van der Waals surface area contributed by atoms with Crippen molar-refractivity contribution in [3.63, 3.8) is 0 Å². The van der Waals surface area contributed by atoms with Crippen LogP contribution in [0, 0.1) is 5.41 Å². The molecule has 4 heteroatoms. The molecule has 0 aromatic carbocycles. The van der Waals surface area contributed by atoms with E-state index >= 15 is 0 Å². The molecule has 1 heterocycles. The van der Waals surface area contributed by atoms with E-state index in [2.05, 4.69) is 46.4 Å². The Bertz CT molecular complexity index is 401. The van der Waals surface area contributed by atoms with E-state index in [1.807, 2.05) is 0 Å². The number of rotatable bonds is 1. The third-order valence-electron chi connectivity index (χ3n) is 4.25. The van der Waals surface area contributed by atoms with Crippen LogP contribution in [0.1, 0.15) is 60.8 Å². The van der Waals surface area contributed by atoms with Crippen molar-refractivity contribution >= 4 is 9.84 Å². The molecule has 1 aliphatic heterocycles. The number of hydrogen-bond acceptors (Lipinski definition) is 3. The van der Waals surface area contributed by atoms with E-state index in [0.29, 0.717) is 12.6 Å². The molecule has 0 saturated carbocycles.